The fraction of sp³-hybridized carbons (Fsp3) is 0.647. The molecule has 0 aromatic heterocycles. The highest BCUT2D eigenvalue weighted by molar-refractivity contribution is 5.20. The summed E-state index contributed by atoms with van der Waals surface area (Å²) in [7, 11) is 0. The number of ether oxygens (including phenoxy) is 2. The van der Waals surface area contributed by atoms with Gasteiger partial charge in [-0.15, -0.1) is 0 Å². The molecule has 2 aliphatic rings. The maximum atomic E-state index is 6.58. The van der Waals surface area contributed by atoms with Gasteiger partial charge in [-0.3, -0.25) is 0 Å². The SMILES string of the molecule is CC(c1ccccc1)C(N)C1CCOC2(CCOC2)C1. The van der Waals surface area contributed by atoms with Crippen molar-refractivity contribution in [2.24, 2.45) is 11.7 Å². The lowest BCUT2D eigenvalue weighted by Crippen LogP contribution is -2.47. The molecule has 0 aliphatic carbocycles. The van der Waals surface area contributed by atoms with E-state index in [4.69, 9.17) is 15.2 Å². The van der Waals surface area contributed by atoms with Crippen LogP contribution in [0.15, 0.2) is 30.3 Å². The fourth-order valence-corrected chi connectivity index (χ4v) is 3.64. The molecule has 0 saturated carbocycles. The average Bonchev–Trinajstić information content (AvgIpc) is 2.94. The standard InChI is InChI=1S/C17H25NO2/c1-13(14-5-3-2-4-6-14)16(18)15-7-9-20-17(11-15)8-10-19-12-17/h2-6,13,15-16H,7-12,18H2,1H3. The van der Waals surface area contributed by atoms with E-state index in [1.807, 2.05) is 0 Å². The van der Waals surface area contributed by atoms with Gasteiger partial charge in [0.25, 0.3) is 0 Å². The molecular formula is C17H25NO2. The summed E-state index contributed by atoms with van der Waals surface area (Å²) in [6, 6.07) is 10.8. The topological polar surface area (TPSA) is 44.5 Å². The molecule has 3 heteroatoms. The van der Waals surface area contributed by atoms with Crippen LogP contribution in [0.1, 0.15) is 37.7 Å². The summed E-state index contributed by atoms with van der Waals surface area (Å²) < 4.78 is 11.6. The molecule has 2 heterocycles. The number of benzene rings is 1. The molecule has 2 fully saturated rings. The van der Waals surface area contributed by atoms with E-state index in [9.17, 15) is 0 Å². The van der Waals surface area contributed by atoms with Crippen molar-refractivity contribution < 1.29 is 9.47 Å². The lowest BCUT2D eigenvalue weighted by Gasteiger charge is -2.41. The van der Waals surface area contributed by atoms with Crippen molar-refractivity contribution in [3.8, 4) is 0 Å². The largest absolute Gasteiger partial charge is 0.378 e. The zero-order valence-corrected chi connectivity index (χ0v) is 12.3. The first-order chi connectivity index (χ1) is 9.70. The van der Waals surface area contributed by atoms with E-state index in [1.54, 1.807) is 0 Å². The highest BCUT2D eigenvalue weighted by Crippen LogP contribution is 2.39. The van der Waals surface area contributed by atoms with E-state index < -0.39 is 0 Å². The monoisotopic (exact) mass is 275 g/mol. The third-order valence-electron chi connectivity index (χ3n) is 5.05. The summed E-state index contributed by atoms with van der Waals surface area (Å²) in [6.45, 7) is 4.64. The van der Waals surface area contributed by atoms with Crippen LogP contribution in [0.2, 0.25) is 0 Å². The van der Waals surface area contributed by atoms with Gasteiger partial charge in [0.05, 0.1) is 12.2 Å². The van der Waals surface area contributed by atoms with Gasteiger partial charge in [-0.2, -0.15) is 0 Å². The average molecular weight is 275 g/mol. The van der Waals surface area contributed by atoms with Crippen LogP contribution in [0.5, 0.6) is 0 Å². The van der Waals surface area contributed by atoms with Crippen molar-refractivity contribution >= 4 is 0 Å². The van der Waals surface area contributed by atoms with Crippen LogP contribution in [0.3, 0.4) is 0 Å². The van der Waals surface area contributed by atoms with Gasteiger partial charge in [0.15, 0.2) is 0 Å². The first kappa shape index (κ1) is 14.1. The third-order valence-corrected chi connectivity index (χ3v) is 5.05. The highest BCUT2D eigenvalue weighted by Gasteiger charge is 2.43. The molecule has 1 aromatic rings. The minimum atomic E-state index is -0.0447. The lowest BCUT2D eigenvalue weighted by atomic mass is 9.76. The van der Waals surface area contributed by atoms with Gasteiger partial charge < -0.3 is 15.2 Å². The molecular weight excluding hydrogens is 250 g/mol. The second kappa shape index (κ2) is 5.84. The van der Waals surface area contributed by atoms with E-state index in [1.165, 1.54) is 5.56 Å². The summed E-state index contributed by atoms with van der Waals surface area (Å²) >= 11 is 0. The van der Waals surface area contributed by atoms with Crippen molar-refractivity contribution in [3.63, 3.8) is 0 Å². The van der Waals surface area contributed by atoms with Crippen LogP contribution < -0.4 is 5.73 Å². The number of nitrogens with two attached hydrogens (primary N) is 1. The molecule has 0 amide bonds. The van der Waals surface area contributed by atoms with Crippen LogP contribution >= 0.6 is 0 Å². The van der Waals surface area contributed by atoms with E-state index >= 15 is 0 Å². The Morgan fingerprint density at radius 2 is 2.05 bits per heavy atom. The molecule has 2 aliphatic heterocycles. The molecule has 2 N–H and O–H groups in total. The second-order valence-corrected chi connectivity index (χ2v) is 6.36. The first-order valence-electron chi connectivity index (χ1n) is 7.72. The minimum Gasteiger partial charge on any atom is -0.378 e. The van der Waals surface area contributed by atoms with E-state index in [0.29, 0.717) is 11.8 Å². The van der Waals surface area contributed by atoms with Gasteiger partial charge in [0.2, 0.25) is 0 Å². The third kappa shape index (κ3) is 2.76. The van der Waals surface area contributed by atoms with Crippen molar-refractivity contribution in [2.75, 3.05) is 19.8 Å². The fourth-order valence-electron chi connectivity index (χ4n) is 3.64. The van der Waals surface area contributed by atoms with E-state index in [0.717, 1.165) is 39.1 Å². The van der Waals surface area contributed by atoms with Crippen molar-refractivity contribution in [1.29, 1.82) is 0 Å². The van der Waals surface area contributed by atoms with Crippen molar-refractivity contribution in [2.45, 2.75) is 43.7 Å². The summed E-state index contributed by atoms with van der Waals surface area (Å²) in [5.74, 6) is 0.916. The Kier molecular flexibility index (Phi) is 4.11. The summed E-state index contributed by atoms with van der Waals surface area (Å²) in [4.78, 5) is 0. The highest BCUT2D eigenvalue weighted by atomic mass is 16.6. The second-order valence-electron chi connectivity index (χ2n) is 6.36. The molecule has 4 unspecified atom stereocenters. The molecule has 4 atom stereocenters. The Morgan fingerprint density at radius 3 is 2.75 bits per heavy atom. The number of hydrogen-bond acceptors (Lipinski definition) is 3. The number of hydrogen-bond donors (Lipinski definition) is 1. The van der Waals surface area contributed by atoms with Gasteiger partial charge in [-0.25, -0.2) is 0 Å². The Bertz CT molecular complexity index is 428. The molecule has 110 valence electrons. The van der Waals surface area contributed by atoms with Gasteiger partial charge in [-0.05, 0) is 30.2 Å². The maximum Gasteiger partial charge on any atom is 0.0939 e. The van der Waals surface area contributed by atoms with Crippen molar-refractivity contribution in [1.82, 2.24) is 0 Å². The Balaban J connectivity index is 1.68. The normalized spacial score (nSPS) is 33.2. The molecule has 0 radical (unpaired) electrons. The maximum absolute atomic E-state index is 6.58. The quantitative estimate of drug-likeness (QED) is 0.922. The zero-order valence-electron chi connectivity index (χ0n) is 12.3. The molecule has 2 saturated heterocycles. The lowest BCUT2D eigenvalue weighted by molar-refractivity contribution is -0.102. The molecule has 20 heavy (non-hydrogen) atoms. The Morgan fingerprint density at radius 1 is 1.25 bits per heavy atom. The summed E-state index contributed by atoms with van der Waals surface area (Å²) in [5.41, 5.74) is 7.87. The molecule has 3 rings (SSSR count). The van der Waals surface area contributed by atoms with Gasteiger partial charge in [-0.1, -0.05) is 37.3 Å². The Labute approximate surface area is 121 Å². The van der Waals surface area contributed by atoms with Crippen LogP contribution in [0, 0.1) is 5.92 Å². The Hall–Kier alpha value is -0.900. The minimum absolute atomic E-state index is 0.0447. The van der Waals surface area contributed by atoms with Gasteiger partial charge in [0.1, 0.15) is 0 Å². The van der Waals surface area contributed by atoms with Crippen LogP contribution in [0.25, 0.3) is 0 Å². The summed E-state index contributed by atoms with van der Waals surface area (Å²) in [5, 5.41) is 0. The first-order valence-corrected chi connectivity index (χ1v) is 7.72. The molecule has 3 nitrogen and oxygen atoms in total. The summed E-state index contributed by atoms with van der Waals surface area (Å²) in [6.07, 6.45) is 3.14. The predicted octanol–water partition coefficient (Wildman–Crippen LogP) is 2.70. The predicted molar refractivity (Wildman–Crippen MR) is 79.7 cm³/mol. The molecule has 0 bridgehead atoms. The smallest absolute Gasteiger partial charge is 0.0939 e. The van der Waals surface area contributed by atoms with Gasteiger partial charge >= 0.3 is 0 Å². The van der Waals surface area contributed by atoms with Crippen LogP contribution in [-0.4, -0.2) is 31.5 Å². The van der Waals surface area contributed by atoms with Crippen LogP contribution in [-0.2, 0) is 9.47 Å². The molecule has 1 aromatic carbocycles. The van der Waals surface area contributed by atoms with Crippen molar-refractivity contribution in [3.05, 3.63) is 35.9 Å². The van der Waals surface area contributed by atoms with Gasteiger partial charge in [0, 0.05) is 25.7 Å². The van der Waals surface area contributed by atoms with E-state index in [2.05, 4.69) is 37.3 Å². The zero-order chi connectivity index (χ0) is 14.0. The van der Waals surface area contributed by atoms with E-state index in [-0.39, 0.29) is 11.6 Å². The number of rotatable bonds is 3. The molecule has 1 spiro atoms. The van der Waals surface area contributed by atoms with Crippen LogP contribution in [0.4, 0.5) is 0 Å².